The first kappa shape index (κ1) is 14.8. The standard InChI is InChI=1S/C17H16N4O2/c22-21(23)17-8-6-15(7-9-17)18-11-10-14-12-19-20(13-14)16-4-2-1-3-5-16/h1-9,12-13,18H,10-11H2. The number of anilines is 1. The molecule has 0 amide bonds. The van der Waals surface area contributed by atoms with Gasteiger partial charge in [0.05, 0.1) is 16.8 Å². The SMILES string of the molecule is O=[N+]([O-])c1ccc(NCCc2cnn(-c3ccccc3)c2)cc1. The molecule has 6 heteroatoms. The Hall–Kier alpha value is -3.15. The van der Waals surface area contributed by atoms with E-state index in [1.807, 2.05) is 47.4 Å². The predicted molar refractivity (Wildman–Crippen MR) is 88.9 cm³/mol. The van der Waals surface area contributed by atoms with Crippen LogP contribution in [0.2, 0.25) is 0 Å². The molecular formula is C17H16N4O2. The van der Waals surface area contributed by atoms with E-state index in [0.29, 0.717) is 0 Å². The van der Waals surface area contributed by atoms with Gasteiger partial charge in [-0.25, -0.2) is 4.68 Å². The maximum atomic E-state index is 10.6. The van der Waals surface area contributed by atoms with Crippen molar-refractivity contribution in [3.8, 4) is 5.69 Å². The van der Waals surface area contributed by atoms with E-state index in [-0.39, 0.29) is 5.69 Å². The molecular weight excluding hydrogens is 292 g/mol. The van der Waals surface area contributed by atoms with Crippen molar-refractivity contribution >= 4 is 11.4 Å². The van der Waals surface area contributed by atoms with Crippen LogP contribution in [-0.4, -0.2) is 21.2 Å². The maximum absolute atomic E-state index is 10.6. The molecule has 6 nitrogen and oxygen atoms in total. The van der Waals surface area contributed by atoms with E-state index >= 15 is 0 Å². The normalized spacial score (nSPS) is 10.4. The molecule has 0 aliphatic carbocycles. The van der Waals surface area contributed by atoms with Crippen molar-refractivity contribution in [1.29, 1.82) is 0 Å². The molecule has 0 spiro atoms. The summed E-state index contributed by atoms with van der Waals surface area (Å²) >= 11 is 0. The minimum absolute atomic E-state index is 0.0969. The summed E-state index contributed by atoms with van der Waals surface area (Å²) in [4.78, 5) is 10.2. The van der Waals surface area contributed by atoms with E-state index < -0.39 is 4.92 Å². The summed E-state index contributed by atoms with van der Waals surface area (Å²) in [6, 6.07) is 16.4. The van der Waals surface area contributed by atoms with Crippen molar-refractivity contribution in [3.63, 3.8) is 0 Å². The lowest BCUT2D eigenvalue weighted by Crippen LogP contribution is -2.04. The molecule has 3 rings (SSSR count). The highest BCUT2D eigenvalue weighted by molar-refractivity contribution is 5.48. The van der Waals surface area contributed by atoms with E-state index in [0.717, 1.165) is 29.9 Å². The molecule has 0 saturated heterocycles. The number of nitrogens with one attached hydrogen (secondary N) is 1. The van der Waals surface area contributed by atoms with Crippen LogP contribution in [0.25, 0.3) is 5.69 Å². The van der Waals surface area contributed by atoms with Gasteiger partial charge in [0, 0.05) is 30.6 Å². The number of nitro groups is 1. The third kappa shape index (κ3) is 3.74. The maximum Gasteiger partial charge on any atom is 0.269 e. The second-order valence-corrected chi connectivity index (χ2v) is 5.11. The van der Waals surface area contributed by atoms with Crippen LogP contribution in [0.4, 0.5) is 11.4 Å². The Morgan fingerprint density at radius 1 is 1.09 bits per heavy atom. The summed E-state index contributed by atoms with van der Waals surface area (Å²) in [5, 5.41) is 18.2. The van der Waals surface area contributed by atoms with Crippen LogP contribution in [0.5, 0.6) is 0 Å². The van der Waals surface area contributed by atoms with Gasteiger partial charge in [0.25, 0.3) is 5.69 Å². The molecule has 0 radical (unpaired) electrons. The quantitative estimate of drug-likeness (QED) is 0.559. The van der Waals surface area contributed by atoms with E-state index in [1.165, 1.54) is 12.1 Å². The largest absolute Gasteiger partial charge is 0.385 e. The van der Waals surface area contributed by atoms with Crippen molar-refractivity contribution in [1.82, 2.24) is 9.78 Å². The molecule has 0 unspecified atom stereocenters. The van der Waals surface area contributed by atoms with Gasteiger partial charge in [-0.3, -0.25) is 10.1 Å². The Morgan fingerprint density at radius 2 is 1.83 bits per heavy atom. The number of hydrogen-bond donors (Lipinski definition) is 1. The lowest BCUT2D eigenvalue weighted by molar-refractivity contribution is -0.384. The molecule has 23 heavy (non-hydrogen) atoms. The zero-order valence-electron chi connectivity index (χ0n) is 12.4. The summed E-state index contributed by atoms with van der Waals surface area (Å²) in [6.07, 6.45) is 4.68. The van der Waals surface area contributed by atoms with Gasteiger partial charge in [-0.2, -0.15) is 5.10 Å². The number of rotatable bonds is 6. The summed E-state index contributed by atoms with van der Waals surface area (Å²) in [5.74, 6) is 0. The lowest BCUT2D eigenvalue weighted by Gasteiger charge is -2.04. The highest BCUT2D eigenvalue weighted by Crippen LogP contribution is 2.15. The van der Waals surface area contributed by atoms with Crippen LogP contribution in [0, 0.1) is 10.1 Å². The van der Waals surface area contributed by atoms with Crippen molar-refractivity contribution < 1.29 is 4.92 Å². The number of para-hydroxylation sites is 1. The van der Waals surface area contributed by atoms with E-state index in [4.69, 9.17) is 0 Å². The third-order valence-corrected chi connectivity index (χ3v) is 3.48. The van der Waals surface area contributed by atoms with Crippen LogP contribution in [0.1, 0.15) is 5.56 Å². The molecule has 0 aliphatic rings. The molecule has 0 atom stereocenters. The Balaban J connectivity index is 1.55. The molecule has 2 aromatic carbocycles. The minimum atomic E-state index is -0.401. The first-order valence-corrected chi connectivity index (χ1v) is 7.30. The average molecular weight is 308 g/mol. The molecule has 1 N–H and O–H groups in total. The fourth-order valence-electron chi connectivity index (χ4n) is 2.26. The number of benzene rings is 2. The zero-order chi connectivity index (χ0) is 16.1. The minimum Gasteiger partial charge on any atom is -0.385 e. The Kier molecular flexibility index (Phi) is 4.33. The summed E-state index contributed by atoms with van der Waals surface area (Å²) in [5.41, 5.74) is 3.12. The fraction of sp³-hybridized carbons (Fsp3) is 0.118. The smallest absolute Gasteiger partial charge is 0.269 e. The van der Waals surface area contributed by atoms with Gasteiger partial charge >= 0.3 is 0 Å². The molecule has 0 bridgehead atoms. The van der Waals surface area contributed by atoms with E-state index in [2.05, 4.69) is 10.4 Å². The average Bonchev–Trinajstić information content (AvgIpc) is 3.05. The summed E-state index contributed by atoms with van der Waals surface area (Å²) in [7, 11) is 0. The van der Waals surface area contributed by atoms with E-state index in [9.17, 15) is 10.1 Å². The van der Waals surface area contributed by atoms with Crippen LogP contribution < -0.4 is 5.32 Å². The van der Waals surface area contributed by atoms with Crippen LogP contribution in [-0.2, 0) is 6.42 Å². The predicted octanol–water partition coefficient (Wildman–Crippen LogP) is 3.44. The van der Waals surface area contributed by atoms with Crippen LogP contribution in [0.3, 0.4) is 0 Å². The van der Waals surface area contributed by atoms with Gasteiger partial charge in [0.15, 0.2) is 0 Å². The molecule has 116 valence electrons. The topological polar surface area (TPSA) is 73.0 Å². The number of non-ortho nitro benzene ring substituents is 1. The first-order valence-electron chi connectivity index (χ1n) is 7.30. The number of aromatic nitrogens is 2. The van der Waals surface area contributed by atoms with Gasteiger partial charge in [-0.05, 0) is 36.2 Å². The van der Waals surface area contributed by atoms with Crippen molar-refractivity contribution in [2.24, 2.45) is 0 Å². The Labute approximate surface area is 133 Å². The molecule has 0 saturated carbocycles. The molecule has 0 fully saturated rings. The monoisotopic (exact) mass is 308 g/mol. The first-order chi connectivity index (χ1) is 11.2. The Bertz CT molecular complexity index is 782. The second-order valence-electron chi connectivity index (χ2n) is 5.11. The van der Waals surface area contributed by atoms with Crippen molar-refractivity contribution in [3.05, 3.63) is 82.7 Å². The van der Waals surface area contributed by atoms with E-state index in [1.54, 1.807) is 12.1 Å². The molecule has 1 aromatic heterocycles. The van der Waals surface area contributed by atoms with Crippen LogP contribution in [0.15, 0.2) is 67.0 Å². The van der Waals surface area contributed by atoms with Gasteiger partial charge < -0.3 is 5.32 Å². The highest BCUT2D eigenvalue weighted by Gasteiger charge is 2.04. The fourth-order valence-corrected chi connectivity index (χ4v) is 2.26. The molecule has 3 aromatic rings. The van der Waals surface area contributed by atoms with Crippen molar-refractivity contribution in [2.45, 2.75) is 6.42 Å². The summed E-state index contributed by atoms with van der Waals surface area (Å²) < 4.78 is 1.85. The third-order valence-electron chi connectivity index (χ3n) is 3.48. The van der Waals surface area contributed by atoms with Crippen molar-refractivity contribution in [2.75, 3.05) is 11.9 Å². The Morgan fingerprint density at radius 3 is 2.52 bits per heavy atom. The number of nitrogens with zero attached hydrogens (tertiary/aromatic N) is 3. The summed E-state index contributed by atoms with van der Waals surface area (Å²) in [6.45, 7) is 0.734. The molecule has 0 aliphatic heterocycles. The second kappa shape index (κ2) is 6.74. The number of nitro benzene ring substituents is 1. The lowest BCUT2D eigenvalue weighted by atomic mass is 10.2. The molecule has 1 heterocycles. The van der Waals surface area contributed by atoms with Gasteiger partial charge in [-0.15, -0.1) is 0 Å². The van der Waals surface area contributed by atoms with Gasteiger partial charge in [-0.1, -0.05) is 18.2 Å². The van der Waals surface area contributed by atoms with Gasteiger partial charge in [0.2, 0.25) is 0 Å². The van der Waals surface area contributed by atoms with Gasteiger partial charge in [0.1, 0.15) is 0 Å². The zero-order valence-corrected chi connectivity index (χ0v) is 12.4. The highest BCUT2D eigenvalue weighted by atomic mass is 16.6. The number of hydrogen-bond acceptors (Lipinski definition) is 4. The van der Waals surface area contributed by atoms with Crippen LogP contribution >= 0.6 is 0 Å².